The molecule has 1 saturated heterocycles. The topological polar surface area (TPSA) is 90.1 Å². The Morgan fingerprint density at radius 1 is 0.833 bits per heavy atom. The van der Waals surface area contributed by atoms with E-state index in [-0.39, 0.29) is 35.2 Å². The summed E-state index contributed by atoms with van der Waals surface area (Å²) in [6, 6.07) is 11.8. The van der Waals surface area contributed by atoms with Crippen molar-refractivity contribution in [1.82, 2.24) is 16.2 Å². The van der Waals surface area contributed by atoms with Gasteiger partial charge in [0, 0.05) is 41.2 Å². The van der Waals surface area contributed by atoms with Gasteiger partial charge in [0.25, 0.3) is 0 Å². The zero-order valence-electron chi connectivity index (χ0n) is 21.7. The lowest BCUT2D eigenvalue weighted by Crippen LogP contribution is -2.51. The van der Waals surface area contributed by atoms with Gasteiger partial charge in [-0.2, -0.15) is 0 Å². The van der Waals surface area contributed by atoms with Gasteiger partial charge in [0.1, 0.15) is 11.5 Å². The van der Waals surface area contributed by atoms with Crippen LogP contribution in [-0.4, -0.2) is 40.4 Å². The lowest BCUT2D eigenvalue weighted by molar-refractivity contribution is -0.118. The highest BCUT2D eigenvalue weighted by atomic mass is 16.5. The van der Waals surface area contributed by atoms with Crippen LogP contribution in [-0.2, 0) is 4.79 Å². The maximum atomic E-state index is 13.8. The quantitative estimate of drug-likeness (QED) is 0.559. The van der Waals surface area contributed by atoms with Crippen LogP contribution in [0.5, 0.6) is 23.0 Å². The molecule has 4 unspecified atom stereocenters. The van der Waals surface area contributed by atoms with Gasteiger partial charge in [-0.25, -0.2) is 10.9 Å². The van der Waals surface area contributed by atoms with Crippen molar-refractivity contribution < 1.29 is 23.7 Å². The Morgan fingerprint density at radius 3 is 2.14 bits per heavy atom. The maximum absolute atomic E-state index is 13.8. The normalized spacial score (nSPS) is 26.6. The molecule has 0 saturated carbocycles. The number of ketones is 1. The van der Waals surface area contributed by atoms with Gasteiger partial charge in [0.05, 0.1) is 40.6 Å². The molecule has 1 fully saturated rings. The largest absolute Gasteiger partial charge is 0.497 e. The van der Waals surface area contributed by atoms with E-state index in [1.54, 1.807) is 28.4 Å². The zero-order chi connectivity index (χ0) is 25.6. The molecule has 0 spiro atoms. The molecule has 2 aromatic rings. The third-order valence-electron chi connectivity index (χ3n) is 7.66. The van der Waals surface area contributed by atoms with E-state index in [0.29, 0.717) is 23.7 Å². The van der Waals surface area contributed by atoms with Crippen molar-refractivity contribution >= 4 is 5.78 Å². The van der Waals surface area contributed by atoms with Crippen molar-refractivity contribution in [3.63, 3.8) is 0 Å². The van der Waals surface area contributed by atoms with Gasteiger partial charge in [-0.05, 0) is 35.6 Å². The minimum absolute atomic E-state index is 0.0192. The van der Waals surface area contributed by atoms with Crippen molar-refractivity contribution in [2.45, 2.75) is 44.8 Å². The van der Waals surface area contributed by atoms with E-state index in [0.717, 1.165) is 34.6 Å². The molecule has 0 radical (unpaired) electrons. The molecule has 0 aromatic heterocycles. The second-order valence-corrected chi connectivity index (χ2v) is 10.5. The van der Waals surface area contributed by atoms with E-state index >= 15 is 0 Å². The van der Waals surface area contributed by atoms with Crippen LogP contribution in [0.4, 0.5) is 0 Å². The van der Waals surface area contributed by atoms with Crippen LogP contribution in [0, 0.1) is 11.3 Å². The van der Waals surface area contributed by atoms with Gasteiger partial charge < -0.3 is 24.3 Å². The Hall–Kier alpha value is -3.23. The Morgan fingerprint density at radius 2 is 1.50 bits per heavy atom. The average Bonchev–Trinajstić information content (AvgIpc) is 3.29. The summed E-state index contributed by atoms with van der Waals surface area (Å²) in [6.45, 7) is 4.30. The fourth-order valence-electron chi connectivity index (χ4n) is 6.06. The molecule has 2 heterocycles. The van der Waals surface area contributed by atoms with Crippen molar-refractivity contribution in [1.29, 1.82) is 0 Å². The number of fused-ring (bicyclic) bond motifs is 1. The summed E-state index contributed by atoms with van der Waals surface area (Å²) in [5, 5.41) is 3.68. The number of hydrogen-bond donors (Lipinski definition) is 3. The lowest BCUT2D eigenvalue weighted by atomic mass is 9.64. The van der Waals surface area contributed by atoms with Crippen molar-refractivity contribution in [2.24, 2.45) is 11.3 Å². The molecule has 2 aliphatic heterocycles. The number of nitrogens with one attached hydrogen (secondary N) is 3. The van der Waals surface area contributed by atoms with Gasteiger partial charge in [0.2, 0.25) is 0 Å². The second-order valence-electron chi connectivity index (χ2n) is 10.5. The summed E-state index contributed by atoms with van der Waals surface area (Å²) in [5.74, 6) is 2.60. The molecule has 3 N–H and O–H groups in total. The first-order chi connectivity index (χ1) is 17.3. The van der Waals surface area contributed by atoms with Crippen LogP contribution in [0.15, 0.2) is 47.7 Å². The number of allylic oxidation sites excluding steroid dienone is 2. The number of hydrazine groups is 1. The molecule has 0 bridgehead atoms. The number of rotatable bonds is 6. The van der Waals surface area contributed by atoms with E-state index in [9.17, 15) is 4.79 Å². The van der Waals surface area contributed by atoms with Crippen LogP contribution >= 0.6 is 0 Å². The molecule has 192 valence electrons. The predicted octanol–water partition coefficient (Wildman–Crippen LogP) is 3.84. The standard InChI is InChI=1S/C28H35N3O5/c1-28(2)13-18-24(19(32)14-28)23(17-11-21(35-5)22(36-6)12-20(17)34-4)25-26(30-31-27(25)29-18)15-7-9-16(33-3)10-8-15/h7-12,23,25-27,29-31H,13-14H2,1-6H3. The minimum atomic E-state index is -0.223. The molecular weight excluding hydrogens is 458 g/mol. The van der Waals surface area contributed by atoms with Crippen molar-refractivity contribution in [2.75, 3.05) is 28.4 Å². The molecular formula is C28H35N3O5. The molecule has 3 aliphatic rings. The Bertz CT molecular complexity index is 1190. The van der Waals surface area contributed by atoms with E-state index in [2.05, 4.69) is 42.1 Å². The highest BCUT2D eigenvalue weighted by molar-refractivity contribution is 5.99. The van der Waals surface area contributed by atoms with Crippen LogP contribution in [0.3, 0.4) is 0 Å². The average molecular weight is 494 g/mol. The second kappa shape index (κ2) is 9.33. The zero-order valence-corrected chi connectivity index (χ0v) is 21.7. The molecule has 0 amide bonds. The first-order valence-electron chi connectivity index (χ1n) is 12.3. The molecule has 5 rings (SSSR count). The Balaban J connectivity index is 1.70. The fraction of sp³-hybridized carbons (Fsp3) is 0.464. The maximum Gasteiger partial charge on any atom is 0.164 e. The number of carbonyl (C=O) groups is 1. The highest BCUT2D eigenvalue weighted by Crippen LogP contribution is 2.54. The van der Waals surface area contributed by atoms with Gasteiger partial charge in [-0.1, -0.05) is 26.0 Å². The van der Waals surface area contributed by atoms with Gasteiger partial charge >= 0.3 is 0 Å². The highest BCUT2D eigenvalue weighted by Gasteiger charge is 2.52. The summed E-state index contributed by atoms with van der Waals surface area (Å²) >= 11 is 0. The number of carbonyl (C=O) groups excluding carboxylic acids is 1. The third-order valence-corrected chi connectivity index (χ3v) is 7.66. The summed E-state index contributed by atoms with van der Waals surface area (Å²) in [6.07, 6.45) is 1.23. The third kappa shape index (κ3) is 4.08. The predicted molar refractivity (Wildman–Crippen MR) is 136 cm³/mol. The van der Waals surface area contributed by atoms with E-state index in [1.165, 1.54) is 0 Å². The van der Waals surface area contributed by atoms with Crippen LogP contribution in [0.25, 0.3) is 0 Å². The summed E-state index contributed by atoms with van der Waals surface area (Å²) in [7, 11) is 6.54. The van der Waals surface area contributed by atoms with E-state index in [4.69, 9.17) is 18.9 Å². The smallest absolute Gasteiger partial charge is 0.164 e. The number of Topliss-reactive ketones (excluding diaryl/α,β-unsaturated/α-hetero) is 1. The molecule has 4 atom stereocenters. The number of methoxy groups -OCH3 is 4. The van der Waals surface area contributed by atoms with Crippen LogP contribution in [0.1, 0.15) is 49.8 Å². The Kier molecular flexibility index (Phi) is 6.34. The van der Waals surface area contributed by atoms with Crippen LogP contribution in [0.2, 0.25) is 0 Å². The van der Waals surface area contributed by atoms with Crippen LogP contribution < -0.4 is 35.1 Å². The lowest BCUT2D eigenvalue weighted by Gasteiger charge is -2.44. The minimum Gasteiger partial charge on any atom is -0.497 e. The van der Waals surface area contributed by atoms with Gasteiger partial charge in [0.15, 0.2) is 17.3 Å². The SMILES string of the molecule is COc1ccc(C2NNC3NC4=C(C(=O)CC(C)(C)C4)C(c4cc(OC)c(OC)cc4OC)C32)cc1. The fourth-order valence-corrected chi connectivity index (χ4v) is 6.06. The first kappa shape index (κ1) is 24.5. The molecule has 2 aromatic carbocycles. The summed E-state index contributed by atoms with van der Waals surface area (Å²) in [5.41, 5.74) is 10.7. The monoisotopic (exact) mass is 493 g/mol. The number of hydrogen-bond acceptors (Lipinski definition) is 8. The molecule has 8 nitrogen and oxygen atoms in total. The van der Waals surface area contributed by atoms with Crippen molar-refractivity contribution in [3.05, 3.63) is 58.8 Å². The van der Waals surface area contributed by atoms with Crippen molar-refractivity contribution in [3.8, 4) is 23.0 Å². The number of benzene rings is 2. The van der Waals surface area contributed by atoms with Gasteiger partial charge in [-0.3, -0.25) is 4.79 Å². The molecule has 8 heteroatoms. The van der Waals surface area contributed by atoms with Gasteiger partial charge in [-0.15, -0.1) is 0 Å². The molecule has 36 heavy (non-hydrogen) atoms. The number of ether oxygens (including phenoxy) is 4. The first-order valence-corrected chi connectivity index (χ1v) is 12.3. The van der Waals surface area contributed by atoms with E-state index < -0.39 is 0 Å². The summed E-state index contributed by atoms with van der Waals surface area (Å²) in [4.78, 5) is 13.8. The summed E-state index contributed by atoms with van der Waals surface area (Å²) < 4.78 is 22.4. The Labute approximate surface area is 212 Å². The van der Waals surface area contributed by atoms with E-state index in [1.807, 2.05) is 24.3 Å². The molecule has 1 aliphatic carbocycles.